The van der Waals surface area contributed by atoms with Crippen molar-refractivity contribution in [1.29, 1.82) is 0 Å². The van der Waals surface area contributed by atoms with E-state index >= 15 is 0 Å². The second-order valence-electron chi connectivity index (χ2n) is 6.25. The Morgan fingerprint density at radius 3 is 2.45 bits per heavy atom. The van der Waals surface area contributed by atoms with E-state index in [1.54, 1.807) is 0 Å². The Morgan fingerprint density at radius 1 is 1.14 bits per heavy atom. The van der Waals surface area contributed by atoms with E-state index in [1.165, 1.54) is 31.4 Å². The van der Waals surface area contributed by atoms with E-state index in [2.05, 4.69) is 41.4 Å². The molecular formula is C19H30N2O. The summed E-state index contributed by atoms with van der Waals surface area (Å²) in [5.41, 5.74) is 1.26. The van der Waals surface area contributed by atoms with Gasteiger partial charge in [-0.2, -0.15) is 0 Å². The number of para-hydroxylation sites is 1. The third-order valence-electron chi connectivity index (χ3n) is 4.63. The maximum Gasteiger partial charge on any atom is 0.223 e. The lowest BCUT2D eigenvalue weighted by Gasteiger charge is -2.23. The average molecular weight is 302 g/mol. The molecule has 0 aliphatic heterocycles. The first-order valence-corrected chi connectivity index (χ1v) is 8.89. The Kier molecular flexibility index (Phi) is 7.27. The minimum atomic E-state index is 0.263. The Labute approximate surface area is 135 Å². The predicted molar refractivity (Wildman–Crippen MR) is 93.1 cm³/mol. The van der Waals surface area contributed by atoms with Crippen LogP contribution in [0.5, 0.6) is 0 Å². The number of nitrogens with one attached hydrogen (secondary N) is 1. The summed E-state index contributed by atoms with van der Waals surface area (Å²) in [5.74, 6) is 0.545. The van der Waals surface area contributed by atoms with Crippen LogP contribution in [0.25, 0.3) is 0 Å². The highest BCUT2D eigenvalue weighted by Crippen LogP contribution is 2.22. The molecule has 1 aromatic carbocycles. The van der Waals surface area contributed by atoms with Crippen LogP contribution in [0.4, 0.5) is 5.69 Å². The summed E-state index contributed by atoms with van der Waals surface area (Å²) in [6, 6.07) is 10.5. The molecule has 0 aromatic heterocycles. The Hall–Kier alpha value is -1.51. The molecule has 3 heteroatoms. The van der Waals surface area contributed by atoms with Crippen molar-refractivity contribution in [2.75, 3.05) is 24.5 Å². The monoisotopic (exact) mass is 302 g/mol. The van der Waals surface area contributed by atoms with Gasteiger partial charge in [-0.25, -0.2) is 0 Å². The van der Waals surface area contributed by atoms with E-state index in [1.807, 2.05) is 6.07 Å². The van der Waals surface area contributed by atoms with Crippen molar-refractivity contribution in [2.24, 2.45) is 5.92 Å². The van der Waals surface area contributed by atoms with Crippen LogP contribution < -0.4 is 10.2 Å². The maximum absolute atomic E-state index is 12.2. The van der Waals surface area contributed by atoms with Gasteiger partial charge in [-0.3, -0.25) is 4.79 Å². The molecule has 2 rings (SSSR count). The number of amides is 1. The summed E-state index contributed by atoms with van der Waals surface area (Å²) in [7, 11) is 0. The fraction of sp³-hybridized carbons (Fsp3) is 0.632. The lowest BCUT2D eigenvalue weighted by Crippen LogP contribution is -2.33. The number of hydrogen-bond donors (Lipinski definition) is 1. The molecule has 22 heavy (non-hydrogen) atoms. The maximum atomic E-state index is 12.2. The molecule has 1 saturated carbocycles. The minimum Gasteiger partial charge on any atom is -0.372 e. The van der Waals surface area contributed by atoms with Crippen LogP contribution in [-0.4, -0.2) is 25.5 Å². The fourth-order valence-corrected chi connectivity index (χ4v) is 3.28. The molecule has 122 valence electrons. The van der Waals surface area contributed by atoms with E-state index in [0.717, 1.165) is 38.9 Å². The predicted octanol–water partition coefficient (Wildman–Crippen LogP) is 3.99. The zero-order chi connectivity index (χ0) is 15.6. The lowest BCUT2D eigenvalue weighted by atomic mass is 9.99. The van der Waals surface area contributed by atoms with E-state index in [0.29, 0.717) is 0 Å². The fourth-order valence-electron chi connectivity index (χ4n) is 3.28. The SMILES string of the molecule is CCN(CCCNC(=O)C1CCCCCC1)c1ccccc1. The molecule has 3 nitrogen and oxygen atoms in total. The van der Waals surface area contributed by atoms with Crippen LogP contribution in [0.2, 0.25) is 0 Å². The van der Waals surface area contributed by atoms with Crippen molar-refractivity contribution in [3.8, 4) is 0 Å². The highest BCUT2D eigenvalue weighted by atomic mass is 16.1. The van der Waals surface area contributed by atoms with E-state index < -0.39 is 0 Å². The van der Waals surface area contributed by atoms with Crippen molar-refractivity contribution in [3.05, 3.63) is 30.3 Å². The van der Waals surface area contributed by atoms with Crippen LogP contribution in [0.1, 0.15) is 51.9 Å². The summed E-state index contributed by atoms with van der Waals surface area (Å²) in [4.78, 5) is 14.6. The first-order chi connectivity index (χ1) is 10.8. The Balaban J connectivity index is 1.68. The number of hydrogen-bond acceptors (Lipinski definition) is 2. The Bertz CT molecular complexity index is 424. The Morgan fingerprint density at radius 2 is 1.82 bits per heavy atom. The topological polar surface area (TPSA) is 32.3 Å². The van der Waals surface area contributed by atoms with Gasteiger partial charge in [0.05, 0.1) is 0 Å². The van der Waals surface area contributed by atoms with Crippen LogP contribution >= 0.6 is 0 Å². The van der Waals surface area contributed by atoms with E-state index in [9.17, 15) is 4.79 Å². The first kappa shape index (κ1) is 16.9. The summed E-state index contributed by atoms with van der Waals surface area (Å²) in [5, 5.41) is 3.15. The van der Waals surface area contributed by atoms with Crippen molar-refractivity contribution in [3.63, 3.8) is 0 Å². The molecule has 0 bridgehead atoms. The number of benzene rings is 1. The standard InChI is InChI=1S/C19H30N2O/c1-2-21(18-13-8-5-9-14-18)16-10-15-20-19(22)17-11-6-3-4-7-12-17/h5,8-9,13-14,17H,2-4,6-7,10-12,15-16H2,1H3,(H,20,22). The van der Waals surface area contributed by atoms with Gasteiger partial charge in [0.2, 0.25) is 5.91 Å². The molecule has 1 aromatic rings. The zero-order valence-electron chi connectivity index (χ0n) is 13.9. The quantitative estimate of drug-likeness (QED) is 0.610. The second-order valence-corrected chi connectivity index (χ2v) is 6.25. The normalized spacial score (nSPS) is 16.0. The van der Waals surface area contributed by atoms with Gasteiger partial charge in [0, 0.05) is 31.2 Å². The summed E-state index contributed by atoms with van der Waals surface area (Å²) in [6.45, 7) is 4.96. The van der Waals surface area contributed by atoms with E-state index in [4.69, 9.17) is 0 Å². The van der Waals surface area contributed by atoms with Crippen molar-refractivity contribution in [2.45, 2.75) is 51.9 Å². The van der Waals surface area contributed by atoms with Crippen LogP contribution in [0.3, 0.4) is 0 Å². The minimum absolute atomic E-state index is 0.263. The smallest absolute Gasteiger partial charge is 0.223 e. The number of carbonyl (C=O) groups is 1. The first-order valence-electron chi connectivity index (χ1n) is 8.89. The highest BCUT2D eigenvalue weighted by Gasteiger charge is 2.19. The van der Waals surface area contributed by atoms with Gasteiger partial charge in [0.1, 0.15) is 0 Å². The average Bonchev–Trinajstić information content (AvgIpc) is 2.85. The molecule has 1 aliphatic carbocycles. The van der Waals surface area contributed by atoms with Crippen molar-refractivity contribution >= 4 is 11.6 Å². The van der Waals surface area contributed by atoms with Crippen molar-refractivity contribution < 1.29 is 4.79 Å². The zero-order valence-corrected chi connectivity index (χ0v) is 13.9. The lowest BCUT2D eigenvalue weighted by molar-refractivity contribution is -0.125. The molecular weight excluding hydrogens is 272 g/mol. The second kappa shape index (κ2) is 9.50. The van der Waals surface area contributed by atoms with Gasteiger partial charge >= 0.3 is 0 Å². The number of nitrogens with zero attached hydrogens (tertiary/aromatic N) is 1. The van der Waals surface area contributed by atoms with Gasteiger partial charge in [-0.05, 0) is 38.3 Å². The van der Waals surface area contributed by atoms with Crippen molar-refractivity contribution in [1.82, 2.24) is 5.32 Å². The van der Waals surface area contributed by atoms with Gasteiger partial charge in [-0.1, -0.05) is 43.9 Å². The largest absolute Gasteiger partial charge is 0.372 e. The van der Waals surface area contributed by atoms with Crippen LogP contribution in [0, 0.1) is 5.92 Å². The molecule has 0 atom stereocenters. The molecule has 1 aliphatic rings. The molecule has 1 N–H and O–H groups in total. The molecule has 0 spiro atoms. The summed E-state index contributed by atoms with van der Waals surface area (Å²) in [6.07, 6.45) is 8.19. The van der Waals surface area contributed by atoms with E-state index in [-0.39, 0.29) is 11.8 Å². The summed E-state index contributed by atoms with van der Waals surface area (Å²) >= 11 is 0. The molecule has 0 heterocycles. The third kappa shape index (κ3) is 5.36. The summed E-state index contributed by atoms with van der Waals surface area (Å²) < 4.78 is 0. The molecule has 0 radical (unpaired) electrons. The van der Waals surface area contributed by atoms with Crippen LogP contribution in [0.15, 0.2) is 30.3 Å². The van der Waals surface area contributed by atoms with Crippen LogP contribution in [-0.2, 0) is 4.79 Å². The molecule has 1 fully saturated rings. The molecule has 0 saturated heterocycles. The third-order valence-corrected chi connectivity index (χ3v) is 4.63. The van der Waals surface area contributed by atoms with Gasteiger partial charge in [-0.15, -0.1) is 0 Å². The molecule has 0 unspecified atom stereocenters. The number of rotatable bonds is 7. The number of anilines is 1. The number of carbonyl (C=O) groups excluding carboxylic acids is 1. The highest BCUT2D eigenvalue weighted by molar-refractivity contribution is 5.78. The molecule has 1 amide bonds. The van der Waals surface area contributed by atoms with Gasteiger partial charge in [0.15, 0.2) is 0 Å². The van der Waals surface area contributed by atoms with Gasteiger partial charge in [0.25, 0.3) is 0 Å². The van der Waals surface area contributed by atoms with Gasteiger partial charge < -0.3 is 10.2 Å².